The Bertz CT molecular complexity index is 477. The lowest BCUT2D eigenvalue weighted by molar-refractivity contribution is 0.242. The number of hydrogen-bond acceptors (Lipinski definition) is 3. The molecule has 4 heteroatoms. The molecule has 0 amide bonds. The van der Waals surface area contributed by atoms with Crippen LogP contribution >= 0.6 is 0 Å². The summed E-state index contributed by atoms with van der Waals surface area (Å²) >= 11 is 0. The van der Waals surface area contributed by atoms with Crippen LogP contribution in [-0.4, -0.2) is 21.3 Å². The first-order valence-corrected chi connectivity index (χ1v) is 5.31. The van der Waals surface area contributed by atoms with Crippen LogP contribution in [0.2, 0.25) is 0 Å². The number of aromatic amines is 1. The van der Waals surface area contributed by atoms with Gasteiger partial charge in [-0.25, -0.2) is 4.98 Å². The number of ether oxygens (including phenoxy) is 1. The highest BCUT2D eigenvalue weighted by Crippen LogP contribution is 2.21. The van der Waals surface area contributed by atoms with Crippen LogP contribution in [0.5, 0.6) is 5.75 Å². The van der Waals surface area contributed by atoms with E-state index in [1.54, 1.807) is 0 Å². The fourth-order valence-electron chi connectivity index (χ4n) is 1.45. The van der Waals surface area contributed by atoms with Crippen molar-refractivity contribution >= 4 is 0 Å². The van der Waals surface area contributed by atoms with Gasteiger partial charge >= 0.3 is 0 Å². The molecule has 0 saturated carbocycles. The van der Waals surface area contributed by atoms with Crippen LogP contribution in [0.15, 0.2) is 24.3 Å². The van der Waals surface area contributed by atoms with Crippen molar-refractivity contribution in [3.05, 3.63) is 30.1 Å². The molecule has 0 aliphatic rings. The number of nitrogens with one attached hydrogen (secondary N) is 1. The first-order valence-electron chi connectivity index (χ1n) is 5.31. The fourth-order valence-corrected chi connectivity index (χ4v) is 1.45. The molecule has 0 aliphatic carbocycles. The Morgan fingerprint density at radius 3 is 2.75 bits per heavy atom. The Morgan fingerprint density at radius 2 is 2.12 bits per heavy atom. The van der Waals surface area contributed by atoms with Crippen molar-refractivity contribution in [2.45, 2.75) is 26.9 Å². The van der Waals surface area contributed by atoms with E-state index < -0.39 is 0 Å². The SMILES string of the molecule is Cc1nc(-c2cccc(OC(C)C)c2)n[nH]1. The van der Waals surface area contributed by atoms with E-state index in [0.717, 1.165) is 17.1 Å². The van der Waals surface area contributed by atoms with Crippen LogP contribution in [0.4, 0.5) is 0 Å². The second-order valence-corrected chi connectivity index (χ2v) is 3.94. The highest BCUT2D eigenvalue weighted by atomic mass is 16.5. The zero-order chi connectivity index (χ0) is 11.5. The number of rotatable bonds is 3. The second kappa shape index (κ2) is 4.35. The molecule has 0 bridgehead atoms. The Morgan fingerprint density at radius 1 is 1.31 bits per heavy atom. The number of aromatic nitrogens is 3. The van der Waals surface area contributed by atoms with Gasteiger partial charge in [-0.05, 0) is 32.9 Å². The Balaban J connectivity index is 2.28. The lowest BCUT2D eigenvalue weighted by Crippen LogP contribution is -2.05. The zero-order valence-electron chi connectivity index (χ0n) is 9.69. The van der Waals surface area contributed by atoms with E-state index in [0.29, 0.717) is 5.82 Å². The van der Waals surface area contributed by atoms with E-state index >= 15 is 0 Å². The maximum atomic E-state index is 5.62. The maximum absolute atomic E-state index is 5.62. The molecule has 2 aromatic rings. The third-order valence-corrected chi connectivity index (χ3v) is 2.06. The van der Waals surface area contributed by atoms with Crippen LogP contribution in [0.1, 0.15) is 19.7 Å². The molecule has 1 N–H and O–H groups in total. The third kappa shape index (κ3) is 2.39. The summed E-state index contributed by atoms with van der Waals surface area (Å²) < 4.78 is 5.62. The molecule has 4 nitrogen and oxygen atoms in total. The van der Waals surface area contributed by atoms with Crippen molar-refractivity contribution in [1.82, 2.24) is 15.2 Å². The van der Waals surface area contributed by atoms with Crippen LogP contribution < -0.4 is 4.74 Å². The van der Waals surface area contributed by atoms with E-state index in [1.165, 1.54) is 0 Å². The van der Waals surface area contributed by atoms with Gasteiger partial charge in [0.15, 0.2) is 5.82 Å². The molecule has 1 heterocycles. The summed E-state index contributed by atoms with van der Waals surface area (Å²) in [5.41, 5.74) is 0.961. The monoisotopic (exact) mass is 217 g/mol. The minimum absolute atomic E-state index is 0.170. The van der Waals surface area contributed by atoms with E-state index in [-0.39, 0.29) is 6.10 Å². The summed E-state index contributed by atoms with van der Waals surface area (Å²) in [6.07, 6.45) is 0.170. The highest BCUT2D eigenvalue weighted by molar-refractivity contribution is 5.57. The molecule has 84 valence electrons. The number of benzene rings is 1. The average molecular weight is 217 g/mol. The van der Waals surface area contributed by atoms with Crippen molar-refractivity contribution in [3.63, 3.8) is 0 Å². The lowest BCUT2D eigenvalue weighted by Gasteiger charge is -2.09. The topological polar surface area (TPSA) is 50.8 Å². The van der Waals surface area contributed by atoms with E-state index in [1.807, 2.05) is 45.0 Å². The van der Waals surface area contributed by atoms with Crippen molar-refractivity contribution < 1.29 is 4.74 Å². The number of hydrogen-bond donors (Lipinski definition) is 1. The van der Waals surface area contributed by atoms with E-state index in [4.69, 9.17) is 4.74 Å². The minimum atomic E-state index is 0.170. The van der Waals surface area contributed by atoms with Gasteiger partial charge in [-0.3, -0.25) is 5.10 Å². The lowest BCUT2D eigenvalue weighted by atomic mass is 10.2. The standard InChI is InChI=1S/C12H15N3O/c1-8(2)16-11-6-4-5-10(7-11)12-13-9(3)14-15-12/h4-8H,1-3H3,(H,13,14,15). The number of aryl methyl sites for hydroxylation is 1. The second-order valence-electron chi connectivity index (χ2n) is 3.94. The smallest absolute Gasteiger partial charge is 0.181 e. The molecular formula is C12H15N3O. The molecule has 1 aromatic heterocycles. The number of nitrogens with zero attached hydrogens (tertiary/aromatic N) is 2. The van der Waals surface area contributed by atoms with Gasteiger partial charge in [0.2, 0.25) is 0 Å². The largest absolute Gasteiger partial charge is 0.491 e. The summed E-state index contributed by atoms with van der Waals surface area (Å²) in [4.78, 5) is 4.28. The van der Waals surface area contributed by atoms with Crippen molar-refractivity contribution in [1.29, 1.82) is 0 Å². The minimum Gasteiger partial charge on any atom is -0.491 e. The first-order chi connectivity index (χ1) is 7.65. The summed E-state index contributed by atoms with van der Waals surface area (Å²) in [6, 6.07) is 7.79. The molecule has 0 radical (unpaired) electrons. The number of H-pyrrole nitrogens is 1. The molecule has 0 spiro atoms. The van der Waals surface area contributed by atoms with Gasteiger partial charge < -0.3 is 4.74 Å². The van der Waals surface area contributed by atoms with E-state index in [2.05, 4.69) is 15.2 Å². The normalized spacial score (nSPS) is 10.8. The average Bonchev–Trinajstić information content (AvgIpc) is 2.64. The summed E-state index contributed by atoms with van der Waals surface area (Å²) in [5, 5.41) is 6.94. The Labute approximate surface area is 94.7 Å². The zero-order valence-corrected chi connectivity index (χ0v) is 9.69. The summed E-state index contributed by atoms with van der Waals surface area (Å²) in [6.45, 7) is 5.89. The molecule has 2 rings (SSSR count). The Hall–Kier alpha value is -1.84. The predicted molar refractivity (Wildman–Crippen MR) is 62.3 cm³/mol. The van der Waals surface area contributed by atoms with Crippen LogP contribution in [0, 0.1) is 6.92 Å². The van der Waals surface area contributed by atoms with Gasteiger partial charge in [-0.2, -0.15) is 5.10 Å². The molecule has 0 aliphatic heterocycles. The van der Waals surface area contributed by atoms with Gasteiger partial charge in [-0.15, -0.1) is 0 Å². The van der Waals surface area contributed by atoms with Crippen molar-refractivity contribution in [2.75, 3.05) is 0 Å². The van der Waals surface area contributed by atoms with Gasteiger partial charge in [0.25, 0.3) is 0 Å². The first kappa shape index (κ1) is 10.7. The quantitative estimate of drug-likeness (QED) is 0.859. The molecular weight excluding hydrogens is 202 g/mol. The van der Waals surface area contributed by atoms with Crippen LogP contribution in [0.25, 0.3) is 11.4 Å². The molecule has 0 fully saturated rings. The summed E-state index contributed by atoms with van der Waals surface area (Å²) in [5.74, 6) is 2.35. The van der Waals surface area contributed by atoms with Gasteiger partial charge in [-0.1, -0.05) is 12.1 Å². The van der Waals surface area contributed by atoms with E-state index in [9.17, 15) is 0 Å². The van der Waals surface area contributed by atoms with Crippen LogP contribution in [-0.2, 0) is 0 Å². The van der Waals surface area contributed by atoms with Gasteiger partial charge in [0, 0.05) is 5.56 Å². The fraction of sp³-hybridized carbons (Fsp3) is 0.333. The van der Waals surface area contributed by atoms with Gasteiger partial charge in [0.1, 0.15) is 11.6 Å². The molecule has 0 atom stereocenters. The van der Waals surface area contributed by atoms with Crippen molar-refractivity contribution in [2.24, 2.45) is 0 Å². The molecule has 0 unspecified atom stereocenters. The third-order valence-electron chi connectivity index (χ3n) is 2.06. The van der Waals surface area contributed by atoms with Gasteiger partial charge in [0.05, 0.1) is 6.10 Å². The van der Waals surface area contributed by atoms with Crippen molar-refractivity contribution in [3.8, 4) is 17.1 Å². The molecule has 1 aromatic carbocycles. The predicted octanol–water partition coefficient (Wildman–Crippen LogP) is 2.57. The Kier molecular flexibility index (Phi) is 2.90. The summed E-state index contributed by atoms with van der Waals surface area (Å²) in [7, 11) is 0. The van der Waals surface area contributed by atoms with Crippen LogP contribution in [0.3, 0.4) is 0 Å². The highest BCUT2D eigenvalue weighted by Gasteiger charge is 2.05. The molecule has 16 heavy (non-hydrogen) atoms. The maximum Gasteiger partial charge on any atom is 0.181 e. The molecule has 0 saturated heterocycles.